The topological polar surface area (TPSA) is 123 Å². The molecule has 2 N–H and O–H groups in total. The van der Waals surface area contributed by atoms with Gasteiger partial charge >= 0.3 is 6.03 Å². The van der Waals surface area contributed by atoms with E-state index in [-0.39, 0.29) is 11.2 Å². The van der Waals surface area contributed by atoms with Gasteiger partial charge in [0.25, 0.3) is 0 Å². The molecule has 1 aliphatic rings. The maximum absolute atomic E-state index is 13.2. The lowest BCUT2D eigenvalue weighted by molar-refractivity contribution is 0.231. The lowest BCUT2D eigenvalue weighted by Gasteiger charge is -2.25. The molecule has 1 aliphatic carbocycles. The van der Waals surface area contributed by atoms with Crippen LogP contribution in [0.4, 0.5) is 10.5 Å². The number of hydrogen-bond donors (Lipinski definition) is 2. The van der Waals surface area contributed by atoms with Crippen molar-refractivity contribution in [3.05, 3.63) is 89.8 Å². The lowest BCUT2D eigenvalue weighted by Crippen LogP contribution is -2.34. The molecule has 10 heteroatoms. The highest BCUT2D eigenvalue weighted by Crippen LogP contribution is 2.33. The number of carbonyl (C=O) groups is 1. The van der Waals surface area contributed by atoms with Crippen LogP contribution < -0.4 is 15.4 Å². The number of amides is 2. The van der Waals surface area contributed by atoms with Crippen LogP contribution in [0.1, 0.15) is 95.7 Å². The minimum atomic E-state index is -3.53. The molecule has 4 aromatic rings. The summed E-state index contributed by atoms with van der Waals surface area (Å²) in [6.07, 6.45) is 7.42. The van der Waals surface area contributed by atoms with Gasteiger partial charge in [0.2, 0.25) is 11.7 Å². The quantitative estimate of drug-likeness (QED) is 0.156. The second-order valence-electron chi connectivity index (χ2n) is 13.5. The maximum Gasteiger partial charge on any atom is 0.319 e. The molecule has 2 amide bonds. The van der Waals surface area contributed by atoms with E-state index in [1.54, 1.807) is 36.4 Å². The highest BCUT2D eigenvalue weighted by atomic mass is 32.2. The predicted molar refractivity (Wildman–Crippen MR) is 184 cm³/mol. The molecular formula is C37H46N4O5S. The summed E-state index contributed by atoms with van der Waals surface area (Å²) in [6, 6.07) is 20.7. The Hall–Kier alpha value is -4.18. The van der Waals surface area contributed by atoms with Gasteiger partial charge in [0, 0.05) is 11.3 Å². The number of hydrogen-bond acceptors (Lipinski definition) is 7. The third kappa shape index (κ3) is 9.44. The Balaban J connectivity index is 1.23. The number of nitrogens with one attached hydrogen (secondary N) is 2. The van der Waals surface area contributed by atoms with Gasteiger partial charge < -0.3 is 19.9 Å². The average Bonchev–Trinajstić information content (AvgIpc) is 3.55. The van der Waals surface area contributed by atoms with Gasteiger partial charge in [-0.3, -0.25) is 0 Å². The highest BCUT2D eigenvalue weighted by molar-refractivity contribution is 7.90. The SMILES string of the molecule is CCCOc1ccc(-c2noc([C@@H](CC3CCCCC3)NC(=O)Nc3ccc(CS(=O)(=O)c4ccc(C(C)(C)C)cc4)cc3)n2)cc1. The third-order valence-corrected chi connectivity index (χ3v) is 10.3. The van der Waals surface area contributed by atoms with E-state index in [9.17, 15) is 13.2 Å². The molecule has 0 spiro atoms. The van der Waals surface area contributed by atoms with Crippen molar-refractivity contribution in [2.24, 2.45) is 5.92 Å². The van der Waals surface area contributed by atoms with Crippen molar-refractivity contribution in [2.75, 3.05) is 11.9 Å². The zero-order valence-electron chi connectivity index (χ0n) is 27.8. The predicted octanol–water partition coefficient (Wildman–Crippen LogP) is 8.63. The van der Waals surface area contributed by atoms with Crippen LogP contribution >= 0.6 is 0 Å². The van der Waals surface area contributed by atoms with E-state index in [0.717, 1.165) is 36.1 Å². The van der Waals surface area contributed by atoms with Crippen LogP contribution in [0, 0.1) is 5.92 Å². The molecule has 47 heavy (non-hydrogen) atoms. The molecule has 1 aromatic heterocycles. The van der Waals surface area contributed by atoms with E-state index < -0.39 is 21.9 Å². The summed E-state index contributed by atoms with van der Waals surface area (Å²) < 4.78 is 37.5. The third-order valence-electron chi connectivity index (χ3n) is 8.57. The van der Waals surface area contributed by atoms with Crippen molar-refractivity contribution < 1.29 is 22.5 Å². The first kappa shape index (κ1) is 34.2. The average molecular weight is 659 g/mol. The Labute approximate surface area is 278 Å². The van der Waals surface area contributed by atoms with Crippen LogP contribution in [0.15, 0.2) is 82.2 Å². The number of nitrogens with zero attached hydrogens (tertiary/aromatic N) is 2. The van der Waals surface area contributed by atoms with E-state index in [0.29, 0.717) is 46.8 Å². The zero-order valence-corrected chi connectivity index (χ0v) is 28.6. The number of anilines is 1. The first-order valence-electron chi connectivity index (χ1n) is 16.6. The van der Waals surface area contributed by atoms with Crippen LogP contribution in [-0.4, -0.2) is 31.2 Å². The zero-order chi connectivity index (χ0) is 33.4. The van der Waals surface area contributed by atoms with Crippen molar-refractivity contribution in [2.45, 2.75) is 94.7 Å². The summed E-state index contributed by atoms with van der Waals surface area (Å²) in [4.78, 5) is 18.2. The Morgan fingerprint density at radius 2 is 1.64 bits per heavy atom. The van der Waals surface area contributed by atoms with Crippen molar-refractivity contribution in [3.63, 3.8) is 0 Å². The van der Waals surface area contributed by atoms with Crippen LogP contribution in [0.25, 0.3) is 11.4 Å². The summed E-state index contributed by atoms with van der Waals surface area (Å²) in [5.74, 6) is 1.92. The van der Waals surface area contributed by atoms with Gasteiger partial charge in [0.1, 0.15) is 11.8 Å². The number of sulfone groups is 1. The van der Waals surface area contributed by atoms with Crippen molar-refractivity contribution in [3.8, 4) is 17.1 Å². The molecule has 3 aromatic carbocycles. The van der Waals surface area contributed by atoms with E-state index >= 15 is 0 Å². The molecule has 1 atom stereocenters. The Morgan fingerprint density at radius 3 is 2.28 bits per heavy atom. The van der Waals surface area contributed by atoms with Crippen molar-refractivity contribution in [1.82, 2.24) is 15.5 Å². The number of aromatic nitrogens is 2. The summed E-state index contributed by atoms with van der Waals surface area (Å²) in [7, 11) is -3.53. The second-order valence-corrected chi connectivity index (χ2v) is 15.4. The molecule has 0 aliphatic heterocycles. The number of benzene rings is 3. The molecule has 1 heterocycles. The first-order valence-corrected chi connectivity index (χ1v) is 18.2. The second kappa shape index (κ2) is 15.2. The number of carbonyl (C=O) groups excluding carboxylic acids is 1. The Kier molecular flexibility index (Phi) is 11.0. The maximum atomic E-state index is 13.2. The van der Waals surface area contributed by atoms with Crippen LogP contribution in [-0.2, 0) is 21.0 Å². The molecule has 5 rings (SSSR count). The van der Waals surface area contributed by atoms with E-state index in [1.807, 2.05) is 36.4 Å². The minimum Gasteiger partial charge on any atom is -0.494 e. The van der Waals surface area contributed by atoms with Gasteiger partial charge in [-0.25, -0.2) is 13.2 Å². The fourth-order valence-electron chi connectivity index (χ4n) is 5.87. The molecule has 9 nitrogen and oxygen atoms in total. The van der Waals surface area contributed by atoms with Gasteiger partial charge in [-0.2, -0.15) is 4.98 Å². The summed E-state index contributed by atoms with van der Waals surface area (Å²) in [5.41, 5.74) is 3.00. The van der Waals surface area contributed by atoms with Crippen LogP contribution in [0.5, 0.6) is 5.75 Å². The molecule has 1 fully saturated rings. The molecule has 250 valence electrons. The molecule has 0 radical (unpaired) electrons. The molecule has 0 saturated heterocycles. The van der Waals surface area contributed by atoms with Gasteiger partial charge in [-0.05, 0) is 83.8 Å². The summed E-state index contributed by atoms with van der Waals surface area (Å²) in [6.45, 7) is 9.00. The van der Waals surface area contributed by atoms with Crippen molar-refractivity contribution >= 4 is 21.6 Å². The minimum absolute atomic E-state index is 0.0573. The summed E-state index contributed by atoms with van der Waals surface area (Å²) in [5, 5.41) is 10.1. The Bertz CT molecular complexity index is 1700. The van der Waals surface area contributed by atoms with Gasteiger partial charge in [0.05, 0.1) is 17.3 Å². The fourth-order valence-corrected chi connectivity index (χ4v) is 7.22. The smallest absolute Gasteiger partial charge is 0.319 e. The van der Waals surface area contributed by atoms with Gasteiger partial charge in [-0.15, -0.1) is 0 Å². The molecular weight excluding hydrogens is 612 g/mol. The largest absolute Gasteiger partial charge is 0.494 e. The molecule has 0 unspecified atom stereocenters. The molecule has 0 bridgehead atoms. The normalized spacial score (nSPS) is 14.8. The van der Waals surface area contributed by atoms with Crippen LogP contribution in [0.3, 0.4) is 0 Å². The summed E-state index contributed by atoms with van der Waals surface area (Å²) >= 11 is 0. The van der Waals surface area contributed by atoms with Crippen LogP contribution in [0.2, 0.25) is 0 Å². The molecule has 1 saturated carbocycles. The number of urea groups is 1. The Morgan fingerprint density at radius 1 is 0.957 bits per heavy atom. The first-order chi connectivity index (χ1) is 22.5. The van der Waals surface area contributed by atoms with E-state index in [1.165, 1.54) is 19.3 Å². The number of ether oxygens (including phenoxy) is 1. The van der Waals surface area contributed by atoms with Gasteiger partial charge in [-0.1, -0.05) is 89.2 Å². The van der Waals surface area contributed by atoms with Gasteiger partial charge in [0.15, 0.2) is 9.84 Å². The van der Waals surface area contributed by atoms with E-state index in [4.69, 9.17) is 9.26 Å². The number of rotatable bonds is 12. The monoisotopic (exact) mass is 658 g/mol. The lowest BCUT2D eigenvalue weighted by atomic mass is 9.85. The highest BCUT2D eigenvalue weighted by Gasteiger charge is 2.27. The van der Waals surface area contributed by atoms with E-state index in [2.05, 4.69) is 48.5 Å². The fraction of sp³-hybridized carbons (Fsp3) is 0.432. The standard InChI is InChI=1S/C37H46N4O5S/c1-5-23-45-31-19-13-28(14-20-31)34-40-35(46-41-34)33(24-26-9-7-6-8-10-26)39-36(42)38-30-17-11-27(12-18-30)25-47(43,44)32-21-15-29(16-22-32)37(2,3)4/h11-22,26,33H,5-10,23-25H2,1-4H3,(H2,38,39,42)/t33-/m1/s1. The van der Waals surface area contributed by atoms with Crippen molar-refractivity contribution in [1.29, 1.82) is 0 Å².